The first-order valence-corrected chi connectivity index (χ1v) is 6.21. The summed E-state index contributed by atoms with van der Waals surface area (Å²) in [7, 11) is 0. The number of carbonyl (C=O) groups is 1. The van der Waals surface area contributed by atoms with E-state index in [-0.39, 0.29) is 5.91 Å². The Bertz CT molecular complexity index is 743. The molecule has 0 unspecified atom stereocenters. The summed E-state index contributed by atoms with van der Waals surface area (Å²) in [5, 5.41) is 3.70. The van der Waals surface area contributed by atoms with Crippen molar-refractivity contribution < 1.29 is 4.79 Å². The quantitative estimate of drug-likeness (QED) is 0.785. The molecule has 1 amide bonds. The highest BCUT2D eigenvalue weighted by Gasteiger charge is 2.07. The van der Waals surface area contributed by atoms with Crippen molar-refractivity contribution in [2.24, 2.45) is 0 Å². The number of nitrogens with one attached hydrogen (secondary N) is 1. The van der Waals surface area contributed by atoms with Crippen molar-refractivity contribution in [2.75, 3.05) is 0 Å². The van der Waals surface area contributed by atoms with Gasteiger partial charge in [0.1, 0.15) is 0 Å². The van der Waals surface area contributed by atoms with Crippen LogP contribution in [-0.2, 0) is 6.54 Å². The van der Waals surface area contributed by atoms with Gasteiger partial charge in [-0.3, -0.25) is 9.78 Å². The van der Waals surface area contributed by atoms with Gasteiger partial charge in [-0.1, -0.05) is 0 Å². The summed E-state index contributed by atoms with van der Waals surface area (Å²) in [5.41, 5.74) is 2.17. The van der Waals surface area contributed by atoms with Crippen LogP contribution in [0, 0.1) is 0 Å². The zero-order chi connectivity index (χ0) is 13.8. The number of hydrogen-bond acceptors (Lipinski definition) is 4. The molecule has 0 bridgehead atoms. The number of aromatic nitrogens is 3. The van der Waals surface area contributed by atoms with Crippen molar-refractivity contribution in [3.63, 3.8) is 0 Å². The lowest BCUT2D eigenvalue weighted by Gasteiger charge is -2.05. The summed E-state index contributed by atoms with van der Waals surface area (Å²) in [6, 6.07) is 9.22. The lowest BCUT2D eigenvalue weighted by molar-refractivity contribution is 0.0950. The van der Waals surface area contributed by atoms with Crippen molar-refractivity contribution in [2.45, 2.75) is 6.54 Å². The topological polar surface area (TPSA) is 67.8 Å². The predicted molar refractivity (Wildman–Crippen MR) is 74.9 cm³/mol. The first-order valence-electron chi connectivity index (χ1n) is 6.21. The third-order valence-corrected chi connectivity index (χ3v) is 2.92. The molecule has 20 heavy (non-hydrogen) atoms. The number of rotatable bonds is 3. The predicted octanol–water partition coefficient (Wildman–Crippen LogP) is 1.95. The molecule has 0 atom stereocenters. The number of fused-ring (bicyclic) bond motifs is 1. The van der Waals surface area contributed by atoms with E-state index in [1.54, 1.807) is 24.7 Å². The molecular formula is C15H12N4O. The molecule has 1 N–H and O–H groups in total. The van der Waals surface area contributed by atoms with Crippen LogP contribution in [-0.4, -0.2) is 20.9 Å². The summed E-state index contributed by atoms with van der Waals surface area (Å²) in [6.45, 7) is 0.465. The van der Waals surface area contributed by atoms with E-state index in [4.69, 9.17) is 0 Å². The van der Waals surface area contributed by atoms with E-state index in [0.717, 1.165) is 10.9 Å². The fraction of sp³-hybridized carbons (Fsp3) is 0.0667. The molecule has 0 aromatic carbocycles. The minimum absolute atomic E-state index is 0.153. The minimum Gasteiger partial charge on any atom is -0.348 e. The fourth-order valence-electron chi connectivity index (χ4n) is 1.87. The maximum Gasteiger partial charge on any atom is 0.253 e. The summed E-state index contributed by atoms with van der Waals surface area (Å²) >= 11 is 0. The molecule has 98 valence electrons. The van der Waals surface area contributed by atoms with E-state index >= 15 is 0 Å². The van der Waals surface area contributed by atoms with Gasteiger partial charge in [0.2, 0.25) is 0 Å². The Balaban J connectivity index is 1.75. The molecule has 3 heterocycles. The molecule has 5 heteroatoms. The Kier molecular flexibility index (Phi) is 3.33. The molecule has 0 aliphatic heterocycles. The molecule has 0 saturated carbocycles. The second-order valence-electron chi connectivity index (χ2n) is 4.31. The van der Waals surface area contributed by atoms with Crippen LogP contribution in [0.25, 0.3) is 11.0 Å². The van der Waals surface area contributed by atoms with E-state index in [1.807, 2.05) is 24.3 Å². The van der Waals surface area contributed by atoms with Crippen molar-refractivity contribution >= 4 is 16.9 Å². The van der Waals surface area contributed by atoms with Gasteiger partial charge >= 0.3 is 0 Å². The van der Waals surface area contributed by atoms with Crippen LogP contribution in [0.4, 0.5) is 0 Å². The molecular weight excluding hydrogens is 252 g/mol. The zero-order valence-corrected chi connectivity index (χ0v) is 10.7. The average Bonchev–Trinajstić information content (AvgIpc) is 2.53. The summed E-state index contributed by atoms with van der Waals surface area (Å²) < 4.78 is 0. The maximum atomic E-state index is 12.1. The number of pyridine rings is 3. The van der Waals surface area contributed by atoms with Crippen molar-refractivity contribution in [1.82, 2.24) is 20.3 Å². The Morgan fingerprint density at radius 2 is 1.95 bits per heavy atom. The highest BCUT2D eigenvalue weighted by atomic mass is 16.1. The summed E-state index contributed by atoms with van der Waals surface area (Å²) in [6.07, 6.45) is 6.62. The van der Waals surface area contributed by atoms with Gasteiger partial charge in [-0.2, -0.15) is 0 Å². The minimum atomic E-state index is -0.153. The van der Waals surface area contributed by atoms with E-state index in [1.165, 1.54) is 6.20 Å². The van der Waals surface area contributed by atoms with Gasteiger partial charge in [-0.15, -0.1) is 0 Å². The molecule has 0 saturated heterocycles. The molecule has 0 aliphatic rings. The fourth-order valence-corrected chi connectivity index (χ4v) is 1.87. The number of hydrogen-bond donors (Lipinski definition) is 1. The average molecular weight is 264 g/mol. The molecule has 5 nitrogen and oxygen atoms in total. The van der Waals surface area contributed by atoms with Crippen LogP contribution in [0.5, 0.6) is 0 Å². The Morgan fingerprint density at radius 3 is 2.80 bits per heavy atom. The third kappa shape index (κ3) is 2.61. The normalized spacial score (nSPS) is 10.4. The molecule has 0 spiro atoms. The second kappa shape index (κ2) is 5.44. The summed E-state index contributed by atoms with van der Waals surface area (Å²) in [5.74, 6) is -0.153. The highest BCUT2D eigenvalue weighted by molar-refractivity contribution is 5.96. The van der Waals surface area contributed by atoms with Gasteiger partial charge in [0.15, 0.2) is 5.65 Å². The molecule has 3 rings (SSSR count). The lowest BCUT2D eigenvalue weighted by atomic mass is 10.2. The standard InChI is InChI=1S/C15H12N4O/c20-15(19-9-11-3-6-16-7-4-11)13-8-12-2-1-5-17-14(12)18-10-13/h1-8,10H,9H2,(H,19,20). The second-order valence-corrected chi connectivity index (χ2v) is 4.31. The van der Waals surface area contributed by atoms with E-state index in [2.05, 4.69) is 20.3 Å². The van der Waals surface area contributed by atoms with Crippen molar-refractivity contribution in [1.29, 1.82) is 0 Å². The Morgan fingerprint density at radius 1 is 1.10 bits per heavy atom. The largest absolute Gasteiger partial charge is 0.348 e. The van der Waals surface area contributed by atoms with Gasteiger partial charge in [0.25, 0.3) is 5.91 Å². The van der Waals surface area contributed by atoms with E-state index in [9.17, 15) is 4.79 Å². The van der Waals surface area contributed by atoms with Crippen LogP contribution < -0.4 is 5.32 Å². The molecule has 0 fully saturated rings. The third-order valence-electron chi connectivity index (χ3n) is 2.92. The van der Waals surface area contributed by atoms with Crippen LogP contribution in [0.1, 0.15) is 15.9 Å². The monoisotopic (exact) mass is 264 g/mol. The van der Waals surface area contributed by atoms with Gasteiger partial charge in [-0.25, -0.2) is 9.97 Å². The Hall–Kier alpha value is -2.82. The first kappa shape index (κ1) is 12.2. The molecule has 3 aromatic heterocycles. The molecule has 3 aromatic rings. The van der Waals surface area contributed by atoms with Crippen LogP contribution in [0.3, 0.4) is 0 Å². The zero-order valence-electron chi connectivity index (χ0n) is 10.7. The van der Waals surface area contributed by atoms with Crippen LogP contribution in [0.15, 0.2) is 55.1 Å². The van der Waals surface area contributed by atoms with Gasteiger partial charge in [-0.05, 0) is 35.9 Å². The number of nitrogens with zero attached hydrogens (tertiary/aromatic N) is 3. The number of amides is 1. The van der Waals surface area contributed by atoms with Crippen molar-refractivity contribution in [3.8, 4) is 0 Å². The van der Waals surface area contributed by atoms with E-state index < -0.39 is 0 Å². The first-order chi connectivity index (χ1) is 9.83. The number of carbonyl (C=O) groups excluding carboxylic acids is 1. The van der Waals surface area contributed by atoms with Gasteiger partial charge in [0, 0.05) is 36.7 Å². The van der Waals surface area contributed by atoms with Crippen LogP contribution in [0.2, 0.25) is 0 Å². The van der Waals surface area contributed by atoms with E-state index in [0.29, 0.717) is 17.8 Å². The van der Waals surface area contributed by atoms with Crippen LogP contribution >= 0.6 is 0 Å². The van der Waals surface area contributed by atoms with Gasteiger partial charge < -0.3 is 5.32 Å². The van der Waals surface area contributed by atoms with Gasteiger partial charge in [0.05, 0.1) is 5.56 Å². The SMILES string of the molecule is O=C(NCc1ccncc1)c1cnc2ncccc2c1. The molecule has 0 aliphatic carbocycles. The smallest absolute Gasteiger partial charge is 0.253 e. The summed E-state index contributed by atoms with van der Waals surface area (Å²) in [4.78, 5) is 24.3. The van der Waals surface area contributed by atoms with Crippen molar-refractivity contribution in [3.05, 3.63) is 66.2 Å². The molecule has 0 radical (unpaired) electrons. The Labute approximate surface area is 115 Å². The maximum absolute atomic E-state index is 12.1. The lowest BCUT2D eigenvalue weighted by Crippen LogP contribution is -2.22. The highest BCUT2D eigenvalue weighted by Crippen LogP contribution is 2.10.